The van der Waals surface area contributed by atoms with Crippen molar-refractivity contribution >= 4 is 21.7 Å². The SMILES string of the molecule is COc1c(-c2cc(N)n[nH]2)cc2c(c1Br)CCC2. The van der Waals surface area contributed by atoms with Crippen molar-refractivity contribution in [1.82, 2.24) is 10.2 Å². The number of nitrogens with two attached hydrogens (primary N) is 1. The highest BCUT2D eigenvalue weighted by molar-refractivity contribution is 9.10. The van der Waals surface area contributed by atoms with E-state index in [4.69, 9.17) is 10.5 Å². The Morgan fingerprint density at radius 3 is 2.89 bits per heavy atom. The lowest BCUT2D eigenvalue weighted by molar-refractivity contribution is 0.413. The number of methoxy groups -OCH3 is 1. The van der Waals surface area contributed by atoms with Crippen molar-refractivity contribution in [3.05, 3.63) is 27.7 Å². The molecule has 1 aliphatic rings. The van der Waals surface area contributed by atoms with Gasteiger partial charge in [-0.2, -0.15) is 5.10 Å². The van der Waals surface area contributed by atoms with E-state index in [2.05, 4.69) is 32.2 Å². The zero-order valence-corrected chi connectivity index (χ0v) is 11.7. The molecular formula is C13H14BrN3O. The number of nitrogens with zero attached hydrogens (tertiary/aromatic N) is 1. The van der Waals surface area contributed by atoms with Crippen LogP contribution in [0.15, 0.2) is 16.6 Å². The summed E-state index contributed by atoms with van der Waals surface area (Å²) in [7, 11) is 1.69. The van der Waals surface area contributed by atoms with E-state index in [9.17, 15) is 0 Å². The molecule has 1 heterocycles. The number of benzene rings is 1. The highest BCUT2D eigenvalue weighted by Gasteiger charge is 2.22. The van der Waals surface area contributed by atoms with E-state index in [1.807, 2.05) is 6.07 Å². The zero-order valence-electron chi connectivity index (χ0n) is 10.1. The Balaban J connectivity index is 2.23. The Kier molecular flexibility index (Phi) is 2.78. The molecule has 0 fully saturated rings. The van der Waals surface area contributed by atoms with Crippen molar-refractivity contribution in [3.8, 4) is 17.0 Å². The van der Waals surface area contributed by atoms with Crippen molar-refractivity contribution in [1.29, 1.82) is 0 Å². The van der Waals surface area contributed by atoms with E-state index in [0.29, 0.717) is 5.82 Å². The lowest BCUT2D eigenvalue weighted by Crippen LogP contribution is -1.95. The molecule has 0 radical (unpaired) electrons. The molecule has 18 heavy (non-hydrogen) atoms. The van der Waals surface area contributed by atoms with E-state index < -0.39 is 0 Å². The second-order valence-electron chi connectivity index (χ2n) is 4.47. The molecule has 4 nitrogen and oxygen atoms in total. The molecule has 1 aromatic heterocycles. The Hall–Kier alpha value is -1.49. The largest absolute Gasteiger partial charge is 0.495 e. The summed E-state index contributed by atoms with van der Waals surface area (Å²) in [6, 6.07) is 4.00. The van der Waals surface area contributed by atoms with Gasteiger partial charge in [0.1, 0.15) is 11.6 Å². The maximum Gasteiger partial charge on any atom is 0.145 e. The molecule has 1 aliphatic carbocycles. The first-order chi connectivity index (χ1) is 8.70. The van der Waals surface area contributed by atoms with Gasteiger partial charge in [-0.1, -0.05) is 0 Å². The molecular weight excluding hydrogens is 294 g/mol. The fraction of sp³-hybridized carbons (Fsp3) is 0.308. The number of aromatic amines is 1. The van der Waals surface area contributed by atoms with Crippen molar-refractivity contribution in [2.45, 2.75) is 19.3 Å². The molecule has 0 atom stereocenters. The van der Waals surface area contributed by atoms with Gasteiger partial charge in [0.2, 0.25) is 0 Å². The quantitative estimate of drug-likeness (QED) is 0.896. The molecule has 0 aliphatic heterocycles. The van der Waals surface area contributed by atoms with E-state index in [1.54, 1.807) is 7.11 Å². The first-order valence-corrected chi connectivity index (χ1v) is 6.69. The molecule has 2 aromatic rings. The minimum Gasteiger partial charge on any atom is -0.495 e. The van der Waals surface area contributed by atoms with E-state index in [-0.39, 0.29) is 0 Å². The zero-order chi connectivity index (χ0) is 12.7. The Morgan fingerprint density at radius 2 is 2.22 bits per heavy atom. The molecule has 94 valence electrons. The van der Waals surface area contributed by atoms with Gasteiger partial charge < -0.3 is 10.5 Å². The topological polar surface area (TPSA) is 63.9 Å². The molecule has 1 aromatic carbocycles. The van der Waals surface area contributed by atoms with Crippen molar-refractivity contribution in [2.24, 2.45) is 0 Å². The average Bonchev–Trinajstić information content (AvgIpc) is 2.97. The van der Waals surface area contributed by atoms with Crippen molar-refractivity contribution in [3.63, 3.8) is 0 Å². The predicted octanol–water partition coefficient (Wildman–Crippen LogP) is 2.92. The summed E-state index contributed by atoms with van der Waals surface area (Å²) < 4.78 is 6.59. The third-order valence-corrected chi connectivity index (χ3v) is 4.22. The van der Waals surface area contributed by atoms with Crippen LogP contribution in [0.25, 0.3) is 11.3 Å². The van der Waals surface area contributed by atoms with Crippen LogP contribution in [0.2, 0.25) is 0 Å². The molecule has 0 saturated heterocycles. The number of hydrogen-bond donors (Lipinski definition) is 2. The van der Waals surface area contributed by atoms with Gasteiger partial charge in [0, 0.05) is 11.6 Å². The summed E-state index contributed by atoms with van der Waals surface area (Å²) in [5.74, 6) is 1.34. The summed E-state index contributed by atoms with van der Waals surface area (Å²) in [5.41, 5.74) is 10.3. The number of nitrogens with one attached hydrogen (secondary N) is 1. The summed E-state index contributed by atoms with van der Waals surface area (Å²) in [4.78, 5) is 0. The molecule has 3 rings (SSSR count). The minimum absolute atomic E-state index is 0.490. The minimum atomic E-state index is 0.490. The van der Waals surface area contributed by atoms with Crippen LogP contribution in [0.5, 0.6) is 5.75 Å². The third kappa shape index (κ3) is 1.70. The van der Waals surface area contributed by atoms with Crippen LogP contribution in [0.3, 0.4) is 0 Å². The van der Waals surface area contributed by atoms with Gasteiger partial charge in [0.05, 0.1) is 17.3 Å². The smallest absolute Gasteiger partial charge is 0.145 e. The van der Waals surface area contributed by atoms with Crippen molar-refractivity contribution < 1.29 is 4.74 Å². The Labute approximate surface area is 114 Å². The van der Waals surface area contributed by atoms with Gasteiger partial charge in [0.15, 0.2) is 0 Å². The van der Waals surface area contributed by atoms with E-state index in [0.717, 1.165) is 34.3 Å². The number of anilines is 1. The lowest BCUT2D eigenvalue weighted by Gasteiger charge is -2.13. The number of H-pyrrole nitrogens is 1. The molecule has 0 spiro atoms. The summed E-state index contributed by atoms with van der Waals surface area (Å²) in [5, 5.41) is 6.91. The second kappa shape index (κ2) is 4.31. The standard InChI is InChI=1S/C13H14BrN3O/c1-18-13-9(10-6-11(15)17-16-10)5-7-3-2-4-8(7)12(13)14/h5-6H,2-4H2,1H3,(H3,15,16,17). The van der Waals surface area contributed by atoms with E-state index >= 15 is 0 Å². The number of ether oxygens (including phenoxy) is 1. The van der Waals surface area contributed by atoms with E-state index in [1.165, 1.54) is 17.5 Å². The number of nitrogen functional groups attached to an aromatic ring is 1. The van der Waals surface area contributed by atoms with Gasteiger partial charge in [-0.15, -0.1) is 0 Å². The van der Waals surface area contributed by atoms with Gasteiger partial charge in [-0.25, -0.2) is 0 Å². The van der Waals surface area contributed by atoms with Gasteiger partial charge in [0.25, 0.3) is 0 Å². The molecule has 0 bridgehead atoms. The number of fused-ring (bicyclic) bond motifs is 1. The number of aryl methyl sites for hydroxylation is 1. The number of hydrogen-bond acceptors (Lipinski definition) is 3. The second-order valence-corrected chi connectivity index (χ2v) is 5.26. The van der Waals surface area contributed by atoms with Crippen LogP contribution in [0, 0.1) is 0 Å². The summed E-state index contributed by atoms with van der Waals surface area (Å²) in [6.07, 6.45) is 3.43. The first kappa shape index (κ1) is 11.6. The van der Waals surface area contributed by atoms with Crippen LogP contribution in [-0.2, 0) is 12.8 Å². The third-order valence-electron chi connectivity index (χ3n) is 3.38. The lowest BCUT2D eigenvalue weighted by atomic mass is 10.0. The number of halogens is 1. The first-order valence-electron chi connectivity index (χ1n) is 5.90. The Morgan fingerprint density at radius 1 is 1.39 bits per heavy atom. The highest BCUT2D eigenvalue weighted by atomic mass is 79.9. The Bertz CT molecular complexity index is 607. The monoisotopic (exact) mass is 307 g/mol. The maximum absolute atomic E-state index is 5.66. The normalized spacial score (nSPS) is 13.7. The summed E-state index contributed by atoms with van der Waals surface area (Å²) >= 11 is 3.66. The molecule has 0 saturated carbocycles. The van der Waals surface area contributed by atoms with Crippen LogP contribution in [-0.4, -0.2) is 17.3 Å². The summed E-state index contributed by atoms with van der Waals surface area (Å²) in [6.45, 7) is 0. The molecule has 5 heteroatoms. The average molecular weight is 308 g/mol. The molecule has 3 N–H and O–H groups in total. The van der Waals surface area contributed by atoms with Crippen molar-refractivity contribution in [2.75, 3.05) is 12.8 Å². The van der Waals surface area contributed by atoms with Crippen LogP contribution < -0.4 is 10.5 Å². The highest BCUT2D eigenvalue weighted by Crippen LogP contribution is 2.43. The fourth-order valence-corrected chi connectivity index (χ4v) is 3.38. The van der Waals surface area contributed by atoms with Crippen LogP contribution in [0.4, 0.5) is 5.82 Å². The van der Waals surface area contributed by atoms with Gasteiger partial charge in [-0.05, 0) is 52.4 Å². The van der Waals surface area contributed by atoms with Gasteiger partial charge >= 0.3 is 0 Å². The van der Waals surface area contributed by atoms with Crippen LogP contribution in [0.1, 0.15) is 17.5 Å². The number of aromatic nitrogens is 2. The molecule has 0 unspecified atom stereocenters. The fourth-order valence-electron chi connectivity index (χ4n) is 2.55. The van der Waals surface area contributed by atoms with Crippen LogP contribution >= 0.6 is 15.9 Å². The molecule has 0 amide bonds. The van der Waals surface area contributed by atoms with Gasteiger partial charge in [-0.3, -0.25) is 5.10 Å². The maximum atomic E-state index is 5.66. The number of rotatable bonds is 2. The predicted molar refractivity (Wildman–Crippen MR) is 74.7 cm³/mol.